The van der Waals surface area contributed by atoms with Gasteiger partial charge in [-0.1, -0.05) is 0 Å². The third-order valence-electron chi connectivity index (χ3n) is 2.96. The van der Waals surface area contributed by atoms with E-state index in [9.17, 15) is 4.79 Å². The van der Waals surface area contributed by atoms with Crippen molar-refractivity contribution in [3.05, 3.63) is 12.4 Å². The summed E-state index contributed by atoms with van der Waals surface area (Å²) >= 11 is 0. The van der Waals surface area contributed by atoms with Gasteiger partial charge < -0.3 is 15.3 Å². The van der Waals surface area contributed by atoms with Gasteiger partial charge in [-0.15, -0.1) is 0 Å². The Hall–Kier alpha value is -1.85. The SMILES string of the molecule is O=C(O)CCCNc1cc(N2CCCC2)ncn1. The number of nitrogens with zero attached hydrogens (tertiary/aromatic N) is 3. The molecule has 0 spiro atoms. The Labute approximate surface area is 106 Å². The molecule has 2 N–H and O–H groups in total. The van der Waals surface area contributed by atoms with Crippen LogP contribution < -0.4 is 10.2 Å². The lowest BCUT2D eigenvalue weighted by Crippen LogP contribution is -2.19. The maximum absolute atomic E-state index is 10.4. The fourth-order valence-corrected chi connectivity index (χ4v) is 2.02. The molecule has 6 heteroatoms. The van der Waals surface area contributed by atoms with Gasteiger partial charge in [0.05, 0.1) is 0 Å². The number of carboxylic acid groups (broad SMARTS) is 1. The van der Waals surface area contributed by atoms with Crippen LogP contribution in [0.3, 0.4) is 0 Å². The van der Waals surface area contributed by atoms with Crippen LogP contribution in [-0.4, -0.2) is 40.7 Å². The molecular weight excluding hydrogens is 232 g/mol. The van der Waals surface area contributed by atoms with Crippen molar-refractivity contribution in [3.63, 3.8) is 0 Å². The molecular formula is C12H18N4O2. The first kappa shape index (κ1) is 12.6. The molecule has 0 atom stereocenters. The normalized spacial score (nSPS) is 14.8. The highest BCUT2D eigenvalue weighted by atomic mass is 16.4. The van der Waals surface area contributed by atoms with Crippen molar-refractivity contribution in [1.29, 1.82) is 0 Å². The number of anilines is 2. The van der Waals surface area contributed by atoms with Crippen LogP contribution in [0.2, 0.25) is 0 Å². The Balaban J connectivity index is 1.85. The van der Waals surface area contributed by atoms with Crippen molar-refractivity contribution in [2.75, 3.05) is 29.9 Å². The molecule has 0 unspecified atom stereocenters. The molecule has 1 saturated heterocycles. The summed E-state index contributed by atoms with van der Waals surface area (Å²) in [5.41, 5.74) is 0. The van der Waals surface area contributed by atoms with E-state index in [1.807, 2.05) is 6.07 Å². The highest BCUT2D eigenvalue weighted by molar-refractivity contribution is 5.66. The average Bonchev–Trinajstić information content (AvgIpc) is 2.89. The second kappa shape index (κ2) is 6.18. The van der Waals surface area contributed by atoms with Crippen LogP contribution in [0.5, 0.6) is 0 Å². The van der Waals surface area contributed by atoms with Gasteiger partial charge in [0.15, 0.2) is 0 Å². The van der Waals surface area contributed by atoms with Gasteiger partial charge in [-0.05, 0) is 19.3 Å². The molecule has 6 nitrogen and oxygen atoms in total. The van der Waals surface area contributed by atoms with Gasteiger partial charge >= 0.3 is 5.97 Å². The smallest absolute Gasteiger partial charge is 0.303 e. The lowest BCUT2D eigenvalue weighted by Gasteiger charge is -2.16. The topological polar surface area (TPSA) is 78.4 Å². The van der Waals surface area contributed by atoms with Crippen LogP contribution in [0.15, 0.2) is 12.4 Å². The summed E-state index contributed by atoms with van der Waals surface area (Å²) in [6.45, 7) is 2.72. The fourth-order valence-electron chi connectivity index (χ4n) is 2.02. The predicted molar refractivity (Wildman–Crippen MR) is 68.8 cm³/mol. The first-order valence-corrected chi connectivity index (χ1v) is 6.28. The summed E-state index contributed by atoms with van der Waals surface area (Å²) in [4.78, 5) is 21.0. The minimum atomic E-state index is -0.766. The molecule has 1 aromatic heterocycles. The maximum Gasteiger partial charge on any atom is 0.303 e. The summed E-state index contributed by atoms with van der Waals surface area (Å²) in [7, 11) is 0. The average molecular weight is 250 g/mol. The van der Waals surface area contributed by atoms with Crippen molar-refractivity contribution in [3.8, 4) is 0 Å². The predicted octanol–water partition coefficient (Wildman–Crippen LogP) is 1.35. The number of hydrogen-bond acceptors (Lipinski definition) is 5. The second-order valence-electron chi connectivity index (χ2n) is 4.38. The van der Waals surface area contributed by atoms with E-state index in [0.29, 0.717) is 13.0 Å². The molecule has 1 aliphatic rings. The Morgan fingerprint density at radius 2 is 2.17 bits per heavy atom. The van der Waals surface area contributed by atoms with Crippen molar-refractivity contribution in [1.82, 2.24) is 9.97 Å². The Bertz CT molecular complexity index is 405. The van der Waals surface area contributed by atoms with Gasteiger partial charge in [-0.3, -0.25) is 4.79 Å². The Kier molecular flexibility index (Phi) is 4.33. The summed E-state index contributed by atoms with van der Waals surface area (Å²) < 4.78 is 0. The number of carbonyl (C=O) groups is 1. The molecule has 1 fully saturated rings. The molecule has 0 amide bonds. The van der Waals surface area contributed by atoms with Crippen LogP contribution in [0.1, 0.15) is 25.7 Å². The number of carboxylic acids is 1. The number of rotatable bonds is 6. The summed E-state index contributed by atoms with van der Waals surface area (Å²) in [6, 6.07) is 1.92. The van der Waals surface area contributed by atoms with Crippen LogP contribution in [0.4, 0.5) is 11.6 Å². The highest BCUT2D eigenvalue weighted by Gasteiger charge is 2.13. The van der Waals surface area contributed by atoms with Crippen LogP contribution in [-0.2, 0) is 4.79 Å². The molecule has 98 valence electrons. The van der Waals surface area contributed by atoms with Gasteiger partial charge in [0.1, 0.15) is 18.0 Å². The number of hydrogen-bond donors (Lipinski definition) is 2. The van der Waals surface area contributed by atoms with Gasteiger partial charge in [0.2, 0.25) is 0 Å². The zero-order chi connectivity index (χ0) is 12.8. The number of nitrogens with one attached hydrogen (secondary N) is 1. The lowest BCUT2D eigenvalue weighted by atomic mass is 10.3. The van der Waals surface area contributed by atoms with Crippen molar-refractivity contribution < 1.29 is 9.90 Å². The van der Waals surface area contributed by atoms with Crippen molar-refractivity contribution in [2.24, 2.45) is 0 Å². The largest absolute Gasteiger partial charge is 0.481 e. The van der Waals surface area contributed by atoms with Gasteiger partial charge in [-0.25, -0.2) is 9.97 Å². The minimum absolute atomic E-state index is 0.178. The van der Waals surface area contributed by atoms with E-state index in [1.165, 1.54) is 12.8 Å². The van der Waals surface area contributed by atoms with Crippen LogP contribution >= 0.6 is 0 Å². The van der Waals surface area contributed by atoms with E-state index in [-0.39, 0.29) is 6.42 Å². The summed E-state index contributed by atoms with van der Waals surface area (Å²) in [5, 5.41) is 11.7. The van der Waals surface area contributed by atoms with Gasteiger partial charge in [0, 0.05) is 32.1 Å². The minimum Gasteiger partial charge on any atom is -0.481 e. The zero-order valence-electron chi connectivity index (χ0n) is 10.3. The van der Waals surface area contributed by atoms with Gasteiger partial charge in [-0.2, -0.15) is 0 Å². The first-order chi connectivity index (χ1) is 8.75. The molecule has 0 aliphatic carbocycles. The van der Waals surface area contributed by atoms with E-state index >= 15 is 0 Å². The third-order valence-corrected chi connectivity index (χ3v) is 2.96. The second-order valence-corrected chi connectivity index (χ2v) is 4.38. The van der Waals surface area contributed by atoms with Crippen molar-refractivity contribution >= 4 is 17.6 Å². The quantitative estimate of drug-likeness (QED) is 0.742. The van der Waals surface area contributed by atoms with E-state index in [2.05, 4.69) is 20.2 Å². The van der Waals surface area contributed by atoms with E-state index in [4.69, 9.17) is 5.11 Å². The first-order valence-electron chi connectivity index (χ1n) is 6.28. The summed E-state index contributed by atoms with van der Waals surface area (Å²) in [5.74, 6) is 0.942. The number of aromatic nitrogens is 2. The maximum atomic E-state index is 10.4. The molecule has 0 radical (unpaired) electrons. The van der Waals surface area contributed by atoms with Crippen molar-refractivity contribution in [2.45, 2.75) is 25.7 Å². The lowest BCUT2D eigenvalue weighted by molar-refractivity contribution is -0.137. The highest BCUT2D eigenvalue weighted by Crippen LogP contribution is 2.19. The third kappa shape index (κ3) is 3.58. The standard InChI is InChI=1S/C12H18N4O2/c17-12(18)4-3-5-13-10-8-11(15-9-14-10)16-6-1-2-7-16/h8-9H,1-7H2,(H,17,18)(H,13,14,15). The Morgan fingerprint density at radius 3 is 2.89 bits per heavy atom. The number of aliphatic carboxylic acids is 1. The molecule has 0 aromatic carbocycles. The monoisotopic (exact) mass is 250 g/mol. The molecule has 0 saturated carbocycles. The van der Waals surface area contributed by atoms with Crippen LogP contribution in [0, 0.1) is 0 Å². The fraction of sp³-hybridized carbons (Fsp3) is 0.583. The molecule has 1 aliphatic heterocycles. The van der Waals surface area contributed by atoms with E-state index in [1.54, 1.807) is 6.33 Å². The molecule has 1 aromatic rings. The molecule has 0 bridgehead atoms. The van der Waals surface area contributed by atoms with E-state index in [0.717, 1.165) is 24.7 Å². The molecule has 18 heavy (non-hydrogen) atoms. The molecule has 2 heterocycles. The van der Waals surface area contributed by atoms with Crippen LogP contribution in [0.25, 0.3) is 0 Å². The summed E-state index contributed by atoms with van der Waals surface area (Å²) in [6.07, 6.45) is 4.75. The van der Waals surface area contributed by atoms with Gasteiger partial charge in [0.25, 0.3) is 0 Å². The zero-order valence-corrected chi connectivity index (χ0v) is 10.3. The molecule has 2 rings (SSSR count). The van der Waals surface area contributed by atoms with E-state index < -0.39 is 5.97 Å². The Morgan fingerprint density at radius 1 is 1.39 bits per heavy atom.